The molecule has 4 heteroatoms. The molecule has 1 aliphatic carbocycles. The average Bonchev–Trinajstić information content (AvgIpc) is 2.65. The standard InChI is InChI=1S/C11H16BrIN2/c12-8-11(4-2-1-3-5-11)9-15-7-10(13)6-14-15/h6-7H,1-5,8-9H2. The summed E-state index contributed by atoms with van der Waals surface area (Å²) in [6.45, 7) is 1.07. The summed E-state index contributed by atoms with van der Waals surface area (Å²) in [5, 5.41) is 5.50. The molecule has 0 atom stereocenters. The third kappa shape index (κ3) is 2.96. The van der Waals surface area contributed by atoms with Gasteiger partial charge in [0, 0.05) is 18.1 Å². The van der Waals surface area contributed by atoms with E-state index in [2.05, 4.69) is 54.5 Å². The number of hydrogen-bond donors (Lipinski definition) is 0. The molecule has 1 heterocycles. The molecule has 1 fully saturated rings. The monoisotopic (exact) mass is 382 g/mol. The van der Waals surface area contributed by atoms with E-state index in [1.807, 2.05) is 6.20 Å². The summed E-state index contributed by atoms with van der Waals surface area (Å²) in [5.41, 5.74) is 0.452. The maximum Gasteiger partial charge on any atom is 0.0623 e. The molecule has 1 aromatic rings. The summed E-state index contributed by atoms with van der Waals surface area (Å²) in [5.74, 6) is 0. The molecule has 0 saturated heterocycles. The fourth-order valence-electron chi connectivity index (χ4n) is 2.40. The van der Waals surface area contributed by atoms with Gasteiger partial charge in [-0.1, -0.05) is 35.2 Å². The van der Waals surface area contributed by atoms with Crippen molar-refractivity contribution >= 4 is 38.5 Å². The van der Waals surface area contributed by atoms with E-state index in [0.29, 0.717) is 5.41 Å². The lowest BCUT2D eigenvalue weighted by Gasteiger charge is -2.35. The second kappa shape index (κ2) is 5.17. The highest BCUT2D eigenvalue weighted by Gasteiger charge is 2.31. The van der Waals surface area contributed by atoms with Gasteiger partial charge in [-0.25, -0.2) is 0 Å². The minimum Gasteiger partial charge on any atom is -0.271 e. The maximum absolute atomic E-state index is 4.39. The molecule has 0 aliphatic heterocycles. The van der Waals surface area contributed by atoms with Crippen LogP contribution in [0.3, 0.4) is 0 Å². The Morgan fingerprint density at radius 1 is 1.40 bits per heavy atom. The predicted octanol–water partition coefficient (Wildman–Crippen LogP) is 3.83. The van der Waals surface area contributed by atoms with Gasteiger partial charge in [-0.05, 0) is 40.8 Å². The van der Waals surface area contributed by atoms with Crippen molar-refractivity contribution in [3.05, 3.63) is 16.0 Å². The molecule has 2 nitrogen and oxygen atoms in total. The fraction of sp³-hybridized carbons (Fsp3) is 0.727. The number of alkyl halides is 1. The van der Waals surface area contributed by atoms with E-state index in [1.54, 1.807) is 0 Å². The quantitative estimate of drug-likeness (QED) is 0.573. The van der Waals surface area contributed by atoms with Crippen LogP contribution >= 0.6 is 38.5 Å². The largest absolute Gasteiger partial charge is 0.271 e. The molecule has 0 radical (unpaired) electrons. The molecule has 84 valence electrons. The Balaban J connectivity index is 2.06. The molecule has 1 aliphatic rings. The Morgan fingerprint density at radius 3 is 2.67 bits per heavy atom. The van der Waals surface area contributed by atoms with E-state index in [9.17, 15) is 0 Å². The number of hydrogen-bond acceptors (Lipinski definition) is 1. The Kier molecular flexibility index (Phi) is 4.10. The van der Waals surface area contributed by atoms with Crippen LogP contribution < -0.4 is 0 Å². The zero-order valence-corrected chi connectivity index (χ0v) is 12.5. The normalized spacial score (nSPS) is 20.4. The van der Waals surface area contributed by atoms with Crippen molar-refractivity contribution in [3.63, 3.8) is 0 Å². The zero-order chi connectivity index (χ0) is 10.7. The van der Waals surface area contributed by atoms with Crippen LogP contribution in [0.1, 0.15) is 32.1 Å². The lowest BCUT2D eigenvalue weighted by Crippen LogP contribution is -2.31. The molecular formula is C11H16BrIN2. The van der Waals surface area contributed by atoms with Crippen molar-refractivity contribution in [2.24, 2.45) is 5.41 Å². The van der Waals surface area contributed by atoms with Gasteiger partial charge in [0.05, 0.1) is 9.77 Å². The van der Waals surface area contributed by atoms with Gasteiger partial charge in [0.2, 0.25) is 0 Å². The van der Waals surface area contributed by atoms with E-state index in [0.717, 1.165) is 11.9 Å². The van der Waals surface area contributed by atoms with Crippen molar-refractivity contribution in [1.29, 1.82) is 0 Å². The molecule has 2 rings (SSSR count). The van der Waals surface area contributed by atoms with Crippen LogP contribution in [0.2, 0.25) is 0 Å². The number of nitrogens with zero attached hydrogens (tertiary/aromatic N) is 2. The maximum atomic E-state index is 4.39. The summed E-state index contributed by atoms with van der Waals surface area (Å²) in [6.07, 6.45) is 10.9. The SMILES string of the molecule is BrCC1(Cn2cc(I)cn2)CCCCC1. The second-order valence-corrected chi connectivity index (χ2v) is 6.36. The summed E-state index contributed by atoms with van der Waals surface area (Å²) < 4.78 is 3.34. The molecule has 0 bridgehead atoms. The van der Waals surface area contributed by atoms with Crippen LogP contribution in [0, 0.1) is 8.99 Å². The molecule has 1 saturated carbocycles. The molecule has 0 spiro atoms. The summed E-state index contributed by atoms with van der Waals surface area (Å²) in [4.78, 5) is 0. The van der Waals surface area contributed by atoms with E-state index >= 15 is 0 Å². The van der Waals surface area contributed by atoms with Crippen molar-refractivity contribution in [2.75, 3.05) is 5.33 Å². The van der Waals surface area contributed by atoms with Crippen LogP contribution in [0.5, 0.6) is 0 Å². The first-order valence-corrected chi connectivity index (χ1v) is 7.68. The molecule has 0 aromatic carbocycles. The van der Waals surface area contributed by atoms with Crippen LogP contribution in [0.15, 0.2) is 12.4 Å². The molecule has 0 unspecified atom stereocenters. The Bertz CT molecular complexity index is 318. The van der Waals surface area contributed by atoms with Crippen molar-refractivity contribution in [1.82, 2.24) is 9.78 Å². The molecule has 1 aromatic heterocycles. The van der Waals surface area contributed by atoms with Gasteiger partial charge in [0.15, 0.2) is 0 Å². The smallest absolute Gasteiger partial charge is 0.0623 e. The first kappa shape index (κ1) is 11.9. The average molecular weight is 383 g/mol. The molecule has 0 N–H and O–H groups in total. The topological polar surface area (TPSA) is 17.8 Å². The summed E-state index contributed by atoms with van der Waals surface area (Å²) >= 11 is 6.01. The van der Waals surface area contributed by atoms with Crippen LogP contribution in [-0.2, 0) is 6.54 Å². The number of rotatable bonds is 3. The van der Waals surface area contributed by atoms with E-state index in [4.69, 9.17) is 0 Å². The summed E-state index contributed by atoms with van der Waals surface area (Å²) in [7, 11) is 0. The first-order valence-electron chi connectivity index (χ1n) is 5.48. The van der Waals surface area contributed by atoms with E-state index < -0.39 is 0 Å². The van der Waals surface area contributed by atoms with Crippen LogP contribution in [0.25, 0.3) is 0 Å². The highest BCUT2D eigenvalue weighted by Crippen LogP contribution is 2.39. The van der Waals surface area contributed by atoms with Gasteiger partial charge in [-0.15, -0.1) is 0 Å². The van der Waals surface area contributed by atoms with Crippen LogP contribution in [-0.4, -0.2) is 15.1 Å². The predicted molar refractivity (Wildman–Crippen MR) is 74.3 cm³/mol. The Hall–Kier alpha value is 0.420. The highest BCUT2D eigenvalue weighted by atomic mass is 127. The highest BCUT2D eigenvalue weighted by molar-refractivity contribution is 14.1. The third-order valence-electron chi connectivity index (χ3n) is 3.30. The van der Waals surface area contributed by atoms with Gasteiger partial charge < -0.3 is 0 Å². The number of aromatic nitrogens is 2. The molecular weight excluding hydrogens is 367 g/mol. The second-order valence-electron chi connectivity index (χ2n) is 4.55. The van der Waals surface area contributed by atoms with Gasteiger partial charge >= 0.3 is 0 Å². The van der Waals surface area contributed by atoms with Gasteiger partial charge in [0.1, 0.15) is 0 Å². The molecule has 0 amide bonds. The lowest BCUT2D eigenvalue weighted by molar-refractivity contribution is 0.183. The Morgan fingerprint density at radius 2 is 2.13 bits per heavy atom. The summed E-state index contributed by atoms with van der Waals surface area (Å²) in [6, 6.07) is 0. The van der Waals surface area contributed by atoms with Crippen molar-refractivity contribution in [3.8, 4) is 0 Å². The number of halogens is 2. The Labute approximate surface area is 113 Å². The third-order valence-corrected chi connectivity index (χ3v) is 5.04. The lowest BCUT2D eigenvalue weighted by atomic mass is 9.76. The van der Waals surface area contributed by atoms with E-state index in [1.165, 1.54) is 35.7 Å². The fourth-order valence-corrected chi connectivity index (χ4v) is 3.59. The molecule has 15 heavy (non-hydrogen) atoms. The zero-order valence-electron chi connectivity index (χ0n) is 8.75. The van der Waals surface area contributed by atoms with Gasteiger partial charge in [-0.3, -0.25) is 4.68 Å². The van der Waals surface area contributed by atoms with Crippen LogP contribution in [0.4, 0.5) is 0 Å². The minimum atomic E-state index is 0.452. The minimum absolute atomic E-state index is 0.452. The van der Waals surface area contributed by atoms with Crippen molar-refractivity contribution < 1.29 is 0 Å². The van der Waals surface area contributed by atoms with Gasteiger partial charge in [-0.2, -0.15) is 5.10 Å². The van der Waals surface area contributed by atoms with Gasteiger partial charge in [0.25, 0.3) is 0 Å². The van der Waals surface area contributed by atoms with Crippen molar-refractivity contribution in [2.45, 2.75) is 38.6 Å². The first-order chi connectivity index (χ1) is 7.24. The van der Waals surface area contributed by atoms with E-state index in [-0.39, 0.29) is 0 Å².